The number of para-hydroxylation sites is 1. The number of furan rings is 1. The molecule has 1 saturated heterocycles. The number of amides is 1. The van der Waals surface area contributed by atoms with Gasteiger partial charge in [-0.2, -0.15) is 0 Å². The first kappa shape index (κ1) is 16.1. The van der Waals surface area contributed by atoms with Gasteiger partial charge in [-0.05, 0) is 50.1 Å². The van der Waals surface area contributed by atoms with Gasteiger partial charge in [0.1, 0.15) is 11.5 Å². The lowest BCUT2D eigenvalue weighted by Crippen LogP contribution is -2.36. The summed E-state index contributed by atoms with van der Waals surface area (Å²) in [7, 11) is 0. The normalized spacial score (nSPS) is 16.1. The van der Waals surface area contributed by atoms with Gasteiger partial charge in [0.25, 0.3) is 0 Å². The smallest absolute Gasteiger partial charge is 0.246 e. The lowest BCUT2D eigenvalue weighted by atomic mass is 9.97. The molecule has 4 nitrogen and oxygen atoms in total. The zero-order valence-corrected chi connectivity index (χ0v) is 15.0. The van der Waals surface area contributed by atoms with E-state index in [0.29, 0.717) is 5.92 Å². The van der Waals surface area contributed by atoms with Crippen LogP contribution < -0.4 is 0 Å². The van der Waals surface area contributed by atoms with Crippen molar-refractivity contribution in [1.82, 2.24) is 9.88 Å². The van der Waals surface area contributed by atoms with Crippen LogP contribution in [-0.4, -0.2) is 28.9 Å². The predicted octanol–water partition coefficient (Wildman–Crippen LogP) is 4.62. The summed E-state index contributed by atoms with van der Waals surface area (Å²) in [5.41, 5.74) is 1.08. The van der Waals surface area contributed by atoms with Gasteiger partial charge >= 0.3 is 0 Å². The fourth-order valence-electron chi connectivity index (χ4n) is 3.21. The molecule has 0 saturated carbocycles. The average Bonchev–Trinajstić information content (AvgIpc) is 3.25. The minimum Gasteiger partial charge on any atom is -0.462 e. The van der Waals surface area contributed by atoms with Gasteiger partial charge in [0.15, 0.2) is 0 Å². The number of piperidine rings is 1. The van der Waals surface area contributed by atoms with Crippen LogP contribution in [0.1, 0.15) is 35.3 Å². The van der Waals surface area contributed by atoms with Gasteiger partial charge < -0.3 is 9.32 Å². The number of benzene rings is 1. The number of carbonyl (C=O) groups is 1. The Morgan fingerprint density at radius 3 is 2.76 bits per heavy atom. The number of hydrogen-bond acceptors (Lipinski definition) is 4. The number of rotatable bonds is 3. The molecule has 0 aliphatic carbocycles. The highest BCUT2D eigenvalue weighted by atomic mass is 32.1. The van der Waals surface area contributed by atoms with Crippen LogP contribution in [0, 0.1) is 6.92 Å². The van der Waals surface area contributed by atoms with E-state index in [-0.39, 0.29) is 5.91 Å². The van der Waals surface area contributed by atoms with Crippen molar-refractivity contribution in [2.45, 2.75) is 25.7 Å². The number of hydrogen-bond donors (Lipinski definition) is 0. The molecule has 2 aromatic heterocycles. The average molecular weight is 352 g/mol. The second kappa shape index (κ2) is 6.84. The zero-order valence-electron chi connectivity index (χ0n) is 14.1. The Morgan fingerprint density at radius 1 is 1.24 bits per heavy atom. The van der Waals surface area contributed by atoms with Crippen LogP contribution in [0.4, 0.5) is 0 Å². The molecule has 1 amide bonds. The largest absolute Gasteiger partial charge is 0.462 e. The van der Waals surface area contributed by atoms with Gasteiger partial charge in [-0.15, -0.1) is 11.3 Å². The maximum absolute atomic E-state index is 12.3. The summed E-state index contributed by atoms with van der Waals surface area (Å²) in [4.78, 5) is 19.0. The molecule has 4 rings (SSSR count). The van der Waals surface area contributed by atoms with Gasteiger partial charge in [0, 0.05) is 25.1 Å². The number of carbonyl (C=O) groups excluding carboxylic acids is 1. The molecule has 0 spiro atoms. The van der Waals surface area contributed by atoms with Gasteiger partial charge in [-0.25, -0.2) is 4.98 Å². The summed E-state index contributed by atoms with van der Waals surface area (Å²) in [6.07, 6.45) is 5.30. The van der Waals surface area contributed by atoms with Gasteiger partial charge in [0.2, 0.25) is 5.91 Å². The van der Waals surface area contributed by atoms with E-state index >= 15 is 0 Å². The third-order valence-electron chi connectivity index (χ3n) is 4.62. The Balaban J connectivity index is 1.37. The van der Waals surface area contributed by atoms with E-state index in [1.165, 1.54) is 9.71 Å². The molecule has 1 aromatic carbocycles. The predicted molar refractivity (Wildman–Crippen MR) is 101 cm³/mol. The Bertz CT molecular complexity index is 884. The molecule has 0 unspecified atom stereocenters. The Morgan fingerprint density at radius 2 is 2.04 bits per heavy atom. The first-order valence-electron chi connectivity index (χ1n) is 8.58. The summed E-state index contributed by atoms with van der Waals surface area (Å²) in [5.74, 6) is 2.08. The van der Waals surface area contributed by atoms with E-state index < -0.39 is 0 Å². The fraction of sp³-hybridized carbons (Fsp3) is 0.300. The Kier molecular flexibility index (Phi) is 4.40. The van der Waals surface area contributed by atoms with Crippen molar-refractivity contribution in [3.05, 3.63) is 59.0 Å². The molecule has 3 aromatic rings. The highest BCUT2D eigenvalue weighted by Crippen LogP contribution is 2.33. The monoisotopic (exact) mass is 352 g/mol. The van der Waals surface area contributed by atoms with E-state index in [1.54, 1.807) is 23.5 Å². The third-order valence-corrected chi connectivity index (χ3v) is 5.82. The van der Waals surface area contributed by atoms with Crippen molar-refractivity contribution in [3.63, 3.8) is 0 Å². The maximum Gasteiger partial charge on any atom is 0.246 e. The molecule has 0 N–H and O–H groups in total. The van der Waals surface area contributed by atoms with Gasteiger partial charge in [0.05, 0.1) is 15.2 Å². The summed E-state index contributed by atoms with van der Waals surface area (Å²) < 4.78 is 6.70. The molecule has 3 heterocycles. The highest BCUT2D eigenvalue weighted by molar-refractivity contribution is 7.18. The van der Waals surface area contributed by atoms with E-state index in [4.69, 9.17) is 9.40 Å². The number of aromatic nitrogens is 1. The summed E-state index contributed by atoms with van der Waals surface area (Å²) in [5, 5.41) is 1.20. The summed E-state index contributed by atoms with van der Waals surface area (Å²) in [6, 6.07) is 12.0. The van der Waals surface area contributed by atoms with Crippen LogP contribution in [0.15, 0.2) is 46.9 Å². The minimum atomic E-state index is 0.0526. The lowest BCUT2D eigenvalue weighted by Gasteiger charge is -2.30. The molecule has 0 atom stereocenters. The van der Waals surface area contributed by atoms with Crippen LogP contribution >= 0.6 is 11.3 Å². The third kappa shape index (κ3) is 3.51. The summed E-state index contributed by atoms with van der Waals surface area (Å²) in [6.45, 7) is 3.45. The number of aryl methyl sites for hydroxylation is 1. The van der Waals surface area contributed by atoms with Crippen molar-refractivity contribution < 1.29 is 9.21 Å². The molecular weight excluding hydrogens is 332 g/mol. The van der Waals surface area contributed by atoms with Crippen LogP contribution in [0.3, 0.4) is 0 Å². The van der Waals surface area contributed by atoms with Crippen LogP contribution in [0.25, 0.3) is 16.3 Å². The Labute approximate surface area is 150 Å². The number of nitrogens with zero attached hydrogens (tertiary/aromatic N) is 2. The first-order valence-corrected chi connectivity index (χ1v) is 9.39. The number of likely N-dealkylation sites (tertiary alicyclic amines) is 1. The maximum atomic E-state index is 12.3. The molecule has 128 valence electrons. The summed E-state index contributed by atoms with van der Waals surface area (Å²) >= 11 is 1.78. The molecule has 1 aliphatic rings. The van der Waals surface area contributed by atoms with Crippen molar-refractivity contribution in [2.75, 3.05) is 13.1 Å². The van der Waals surface area contributed by atoms with Gasteiger partial charge in [-0.3, -0.25) is 4.79 Å². The van der Waals surface area contributed by atoms with Crippen LogP contribution in [0.2, 0.25) is 0 Å². The SMILES string of the molecule is Cc1ccc(/C=C/C(=O)N2CCC(c3nc4ccccc4s3)CC2)o1. The van der Waals surface area contributed by atoms with E-state index in [2.05, 4.69) is 18.2 Å². The van der Waals surface area contributed by atoms with Crippen LogP contribution in [-0.2, 0) is 4.79 Å². The van der Waals surface area contributed by atoms with Crippen LogP contribution in [0.5, 0.6) is 0 Å². The minimum absolute atomic E-state index is 0.0526. The van der Waals surface area contributed by atoms with Crippen molar-refractivity contribution in [3.8, 4) is 0 Å². The topological polar surface area (TPSA) is 46.3 Å². The zero-order chi connectivity index (χ0) is 17.2. The van der Waals surface area contributed by atoms with Crippen molar-refractivity contribution in [1.29, 1.82) is 0 Å². The molecule has 5 heteroatoms. The van der Waals surface area contributed by atoms with E-state index in [1.807, 2.05) is 30.0 Å². The second-order valence-electron chi connectivity index (χ2n) is 6.40. The molecule has 25 heavy (non-hydrogen) atoms. The fourth-order valence-corrected chi connectivity index (χ4v) is 4.35. The molecule has 1 aliphatic heterocycles. The van der Waals surface area contributed by atoms with E-state index in [9.17, 15) is 4.79 Å². The molecule has 0 bridgehead atoms. The first-order chi connectivity index (χ1) is 12.2. The molecular formula is C20H20N2O2S. The second-order valence-corrected chi connectivity index (χ2v) is 7.46. The lowest BCUT2D eigenvalue weighted by molar-refractivity contribution is -0.126. The molecule has 1 fully saturated rings. The number of fused-ring (bicyclic) bond motifs is 1. The standard InChI is InChI=1S/C20H20N2O2S/c1-14-6-7-16(24-14)8-9-19(23)22-12-10-15(11-13-22)20-21-17-4-2-3-5-18(17)25-20/h2-9,15H,10-13H2,1H3/b9-8+. The van der Waals surface area contributed by atoms with E-state index in [0.717, 1.165) is 43.0 Å². The molecule has 0 radical (unpaired) electrons. The number of thiazole rings is 1. The quantitative estimate of drug-likeness (QED) is 0.646. The van der Waals surface area contributed by atoms with Crippen molar-refractivity contribution in [2.24, 2.45) is 0 Å². The van der Waals surface area contributed by atoms with Gasteiger partial charge in [-0.1, -0.05) is 12.1 Å². The van der Waals surface area contributed by atoms with Crippen molar-refractivity contribution >= 4 is 33.5 Å². The Hall–Kier alpha value is -2.40. The highest BCUT2D eigenvalue weighted by Gasteiger charge is 2.25.